The maximum absolute atomic E-state index is 12.6. The first kappa shape index (κ1) is 29.6. The zero-order chi connectivity index (χ0) is 27.4. The number of hydrogen-bond donors (Lipinski definition) is 2. The van der Waals surface area contributed by atoms with Crippen LogP contribution in [0.5, 0.6) is 11.5 Å². The monoisotopic (exact) mass is 561 g/mol. The van der Waals surface area contributed by atoms with Gasteiger partial charge in [0.2, 0.25) is 20.0 Å². The quantitative estimate of drug-likeness (QED) is 0.258. The highest BCUT2D eigenvalue weighted by atomic mass is 32.2. The Kier molecular flexibility index (Phi) is 11.1. The molecule has 0 fully saturated rings. The second-order valence-electron chi connectivity index (χ2n) is 8.62. The summed E-state index contributed by atoms with van der Waals surface area (Å²) < 4.78 is 65.8. The summed E-state index contributed by atoms with van der Waals surface area (Å²) in [6, 6.07) is 22.4. The maximum atomic E-state index is 12.6. The van der Waals surface area contributed by atoms with Crippen LogP contribution in [0, 0.1) is 0 Å². The average molecular weight is 562 g/mol. The fourth-order valence-corrected chi connectivity index (χ4v) is 5.95. The molecule has 9 nitrogen and oxygen atoms in total. The summed E-state index contributed by atoms with van der Waals surface area (Å²) in [4.78, 5) is 2.56. The van der Waals surface area contributed by atoms with Crippen molar-refractivity contribution < 1.29 is 26.3 Å². The minimum absolute atomic E-state index is 0.184. The molecule has 0 aliphatic heterocycles. The van der Waals surface area contributed by atoms with Crippen LogP contribution < -0.4 is 18.9 Å². The largest absolute Gasteiger partial charge is 0.497 e. The molecule has 2 N–H and O–H groups in total. The Morgan fingerprint density at radius 2 is 1.05 bits per heavy atom. The molecule has 0 radical (unpaired) electrons. The molecule has 0 spiro atoms. The van der Waals surface area contributed by atoms with Crippen LogP contribution in [0.25, 0.3) is 0 Å². The van der Waals surface area contributed by atoms with E-state index in [1.807, 2.05) is 30.3 Å². The first-order valence-electron chi connectivity index (χ1n) is 12.3. The molecule has 0 unspecified atom stereocenters. The summed E-state index contributed by atoms with van der Waals surface area (Å²) in [5.74, 6) is 1.18. The van der Waals surface area contributed by atoms with Crippen molar-refractivity contribution >= 4 is 20.0 Å². The minimum Gasteiger partial charge on any atom is -0.497 e. The summed E-state index contributed by atoms with van der Waals surface area (Å²) in [6.45, 7) is 2.53. The van der Waals surface area contributed by atoms with Crippen molar-refractivity contribution in [3.8, 4) is 11.5 Å². The highest BCUT2D eigenvalue weighted by molar-refractivity contribution is 7.89. The van der Waals surface area contributed by atoms with Gasteiger partial charge in [-0.3, -0.25) is 4.90 Å². The molecule has 3 aromatic rings. The van der Waals surface area contributed by atoms with Gasteiger partial charge in [-0.1, -0.05) is 30.3 Å². The Morgan fingerprint density at radius 1 is 0.632 bits per heavy atom. The topological polar surface area (TPSA) is 114 Å². The molecule has 0 aliphatic rings. The van der Waals surface area contributed by atoms with Gasteiger partial charge < -0.3 is 9.47 Å². The number of hydrogen-bond acceptors (Lipinski definition) is 7. The van der Waals surface area contributed by atoms with Gasteiger partial charge in [0.05, 0.1) is 24.0 Å². The third-order valence-electron chi connectivity index (χ3n) is 5.87. The number of ether oxygens (including phenoxy) is 2. The Morgan fingerprint density at radius 3 is 1.45 bits per heavy atom. The van der Waals surface area contributed by atoms with Gasteiger partial charge >= 0.3 is 0 Å². The van der Waals surface area contributed by atoms with Crippen molar-refractivity contribution in [2.45, 2.75) is 29.2 Å². The third-order valence-corrected chi connectivity index (χ3v) is 8.83. The van der Waals surface area contributed by atoms with Crippen LogP contribution in [-0.4, -0.2) is 62.1 Å². The highest BCUT2D eigenvalue weighted by Crippen LogP contribution is 2.16. The standard InChI is InChI=1S/C27H35N3O6S2/c1-35-24-10-14-26(15-11-24)37(31,32)28-18-6-20-30(22-23-8-4-3-5-9-23)21-7-19-29-38(33,34)27-16-12-25(36-2)13-17-27/h3-5,8-17,28-29H,6-7,18-22H2,1-2H3. The lowest BCUT2D eigenvalue weighted by atomic mass is 10.2. The van der Waals surface area contributed by atoms with Crippen LogP contribution in [0.1, 0.15) is 18.4 Å². The van der Waals surface area contributed by atoms with Gasteiger partial charge in [0.1, 0.15) is 11.5 Å². The molecule has 3 aromatic carbocycles. The fourth-order valence-electron chi connectivity index (χ4n) is 3.81. The van der Waals surface area contributed by atoms with Crippen LogP contribution in [-0.2, 0) is 26.6 Å². The smallest absolute Gasteiger partial charge is 0.240 e. The van der Waals surface area contributed by atoms with Gasteiger partial charge in [-0.05, 0) is 80.0 Å². The normalized spacial score (nSPS) is 12.0. The molecule has 0 aromatic heterocycles. The summed E-state index contributed by atoms with van der Waals surface area (Å²) in [6.07, 6.45) is 1.19. The van der Waals surface area contributed by atoms with Crippen LogP contribution in [0.4, 0.5) is 0 Å². The van der Waals surface area contributed by atoms with E-state index in [0.717, 1.165) is 5.56 Å². The van der Waals surface area contributed by atoms with E-state index >= 15 is 0 Å². The summed E-state index contributed by atoms with van der Waals surface area (Å²) in [5, 5.41) is 0. The molecule has 11 heteroatoms. The van der Waals surface area contributed by atoms with E-state index in [1.54, 1.807) is 24.3 Å². The van der Waals surface area contributed by atoms with E-state index in [9.17, 15) is 16.8 Å². The second kappa shape index (κ2) is 14.3. The molecular weight excluding hydrogens is 526 g/mol. The van der Waals surface area contributed by atoms with Gasteiger partial charge in [-0.2, -0.15) is 0 Å². The Bertz CT molecular complexity index is 1250. The predicted molar refractivity (Wildman–Crippen MR) is 147 cm³/mol. The molecule has 0 heterocycles. The summed E-state index contributed by atoms with van der Waals surface area (Å²) in [7, 11) is -4.18. The summed E-state index contributed by atoms with van der Waals surface area (Å²) in [5.41, 5.74) is 1.13. The number of nitrogens with one attached hydrogen (secondary N) is 2. The van der Waals surface area contributed by atoms with Crippen molar-refractivity contribution in [2.75, 3.05) is 40.4 Å². The molecule has 206 valence electrons. The number of sulfonamides is 2. The lowest BCUT2D eigenvalue weighted by Gasteiger charge is -2.22. The molecule has 0 saturated heterocycles. The van der Waals surface area contributed by atoms with E-state index in [1.165, 1.54) is 38.5 Å². The first-order valence-corrected chi connectivity index (χ1v) is 15.2. The molecule has 0 saturated carbocycles. The van der Waals surface area contributed by atoms with Crippen molar-refractivity contribution in [1.82, 2.24) is 14.3 Å². The number of rotatable bonds is 16. The number of nitrogens with zero attached hydrogens (tertiary/aromatic N) is 1. The van der Waals surface area contributed by atoms with E-state index in [-0.39, 0.29) is 22.9 Å². The maximum Gasteiger partial charge on any atom is 0.240 e. The Hall–Kier alpha value is -2.96. The lowest BCUT2D eigenvalue weighted by molar-refractivity contribution is 0.260. The highest BCUT2D eigenvalue weighted by Gasteiger charge is 2.15. The first-order chi connectivity index (χ1) is 18.2. The zero-order valence-electron chi connectivity index (χ0n) is 21.7. The van der Waals surface area contributed by atoms with E-state index in [4.69, 9.17) is 9.47 Å². The van der Waals surface area contributed by atoms with Crippen molar-refractivity contribution in [3.05, 3.63) is 84.4 Å². The average Bonchev–Trinajstić information content (AvgIpc) is 2.93. The van der Waals surface area contributed by atoms with Gasteiger partial charge in [0, 0.05) is 19.6 Å². The zero-order valence-corrected chi connectivity index (χ0v) is 23.3. The fraction of sp³-hybridized carbons (Fsp3) is 0.333. The predicted octanol–water partition coefficient (Wildman–Crippen LogP) is 3.24. The van der Waals surface area contributed by atoms with Gasteiger partial charge in [0.25, 0.3) is 0 Å². The van der Waals surface area contributed by atoms with Gasteiger partial charge in [0.15, 0.2) is 0 Å². The van der Waals surface area contributed by atoms with E-state index in [0.29, 0.717) is 44.0 Å². The van der Waals surface area contributed by atoms with Gasteiger partial charge in [-0.25, -0.2) is 26.3 Å². The molecule has 0 aliphatic carbocycles. The summed E-state index contributed by atoms with van der Waals surface area (Å²) >= 11 is 0. The molecular formula is C27H35N3O6S2. The van der Waals surface area contributed by atoms with Gasteiger partial charge in [-0.15, -0.1) is 0 Å². The SMILES string of the molecule is COc1ccc(S(=O)(=O)NCCCN(CCCNS(=O)(=O)c2ccc(OC)cc2)Cc2ccccc2)cc1. The van der Waals surface area contributed by atoms with Crippen molar-refractivity contribution in [3.63, 3.8) is 0 Å². The van der Waals surface area contributed by atoms with Crippen molar-refractivity contribution in [2.24, 2.45) is 0 Å². The Balaban J connectivity index is 1.51. The van der Waals surface area contributed by atoms with Crippen LogP contribution in [0.3, 0.4) is 0 Å². The van der Waals surface area contributed by atoms with Crippen LogP contribution >= 0.6 is 0 Å². The molecule has 0 amide bonds. The molecule has 38 heavy (non-hydrogen) atoms. The van der Waals surface area contributed by atoms with Crippen LogP contribution in [0.15, 0.2) is 88.7 Å². The lowest BCUT2D eigenvalue weighted by Crippen LogP contribution is -2.32. The van der Waals surface area contributed by atoms with E-state index in [2.05, 4.69) is 14.3 Å². The molecule has 0 atom stereocenters. The molecule has 3 rings (SSSR count). The van der Waals surface area contributed by atoms with Crippen molar-refractivity contribution in [1.29, 1.82) is 0 Å². The molecule has 0 bridgehead atoms. The number of methoxy groups -OCH3 is 2. The number of benzene rings is 3. The van der Waals surface area contributed by atoms with E-state index < -0.39 is 20.0 Å². The minimum atomic E-state index is -3.62. The Labute approximate surface area is 225 Å². The third kappa shape index (κ3) is 9.10. The second-order valence-corrected chi connectivity index (χ2v) is 12.1. The van der Waals surface area contributed by atoms with Crippen LogP contribution in [0.2, 0.25) is 0 Å².